The predicted molar refractivity (Wildman–Crippen MR) is 78.7 cm³/mol. The largest absolute Gasteiger partial charge is 0.343 e. The van der Waals surface area contributed by atoms with Gasteiger partial charge in [0.1, 0.15) is 5.01 Å². The van der Waals surface area contributed by atoms with Crippen molar-refractivity contribution in [2.45, 2.75) is 26.3 Å². The molecule has 0 saturated carbocycles. The van der Waals surface area contributed by atoms with Gasteiger partial charge in [0, 0.05) is 11.1 Å². The van der Waals surface area contributed by atoms with E-state index in [1.165, 1.54) is 11.3 Å². The zero-order chi connectivity index (χ0) is 15.6. The van der Waals surface area contributed by atoms with Gasteiger partial charge in [-0.15, -0.1) is 11.3 Å². The highest BCUT2D eigenvalue weighted by atomic mass is 35.5. The molecular weight excluding hydrogens is 318 g/mol. The number of benzene rings is 1. The van der Waals surface area contributed by atoms with Gasteiger partial charge in [-0.1, -0.05) is 18.5 Å². The molecule has 0 fully saturated rings. The van der Waals surface area contributed by atoms with E-state index in [4.69, 9.17) is 11.6 Å². The number of aryl methyl sites for hydroxylation is 1. The van der Waals surface area contributed by atoms with E-state index in [0.717, 1.165) is 22.8 Å². The lowest BCUT2D eigenvalue weighted by Gasteiger charge is -2.15. The molecule has 112 valence electrons. The number of nitrogens with one attached hydrogen (secondary N) is 1. The molecule has 0 aliphatic carbocycles. The normalized spacial score (nSPS) is 12.2. The number of aromatic nitrogens is 1. The lowest BCUT2D eigenvalue weighted by atomic mass is 10.1. The second-order valence-corrected chi connectivity index (χ2v) is 5.80. The van der Waals surface area contributed by atoms with Gasteiger partial charge in [0.15, 0.2) is 11.6 Å². The molecule has 1 N–H and O–H groups in total. The molecular formula is C14H13ClF2N2OS. The Morgan fingerprint density at radius 1 is 1.43 bits per heavy atom. The summed E-state index contributed by atoms with van der Waals surface area (Å²) in [4.78, 5) is 16.5. The standard InChI is InChI=1S/C14H13ClF2N2OS/c1-3-12(14-18-7(2)6-21-14)19-13(20)8-4-10(16)11(17)5-9(8)15/h4-6,12H,3H2,1-2H3,(H,19,20)/t12-/m1/s1. The molecule has 0 aliphatic rings. The highest BCUT2D eigenvalue weighted by Gasteiger charge is 2.20. The number of rotatable bonds is 4. The highest BCUT2D eigenvalue weighted by molar-refractivity contribution is 7.09. The molecule has 2 rings (SSSR count). The SMILES string of the molecule is CC[C@@H](NC(=O)c1cc(F)c(F)cc1Cl)c1nc(C)cs1. The van der Waals surface area contributed by atoms with Crippen LogP contribution in [0.5, 0.6) is 0 Å². The molecule has 1 aromatic carbocycles. The Morgan fingerprint density at radius 3 is 2.67 bits per heavy atom. The van der Waals surface area contributed by atoms with Crippen LogP contribution in [-0.2, 0) is 0 Å². The molecule has 21 heavy (non-hydrogen) atoms. The number of hydrogen-bond donors (Lipinski definition) is 1. The van der Waals surface area contributed by atoms with E-state index in [1.807, 2.05) is 19.2 Å². The number of amides is 1. The van der Waals surface area contributed by atoms with Crippen LogP contribution < -0.4 is 5.32 Å². The van der Waals surface area contributed by atoms with Gasteiger partial charge in [0.05, 0.1) is 16.6 Å². The number of hydrogen-bond acceptors (Lipinski definition) is 3. The topological polar surface area (TPSA) is 42.0 Å². The Labute approximate surface area is 130 Å². The average Bonchev–Trinajstić information content (AvgIpc) is 2.86. The molecule has 0 aliphatic heterocycles. The van der Waals surface area contributed by atoms with Crippen LogP contribution in [0.1, 0.15) is 40.4 Å². The van der Waals surface area contributed by atoms with E-state index in [1.54, 1.807) is 0 Å². The lowest BCUT2D eigenvalue weighted by Crippen LogP contribution is -2.28. The fourth-order valence-corrected chi connectivity index (χ4v) is 2.97. The second-order valence-electron chi connectivity index (χ2n) is 4.51. The minimum absolute atomic E-state index is 0.0951. The van der Waals surface area contributed by atoms with Crippen LogP contribution in [0.3, 0.4) is 0 Å². The molecule has 0 radical (unpaired) electrons. The van der Waals surface area contributed by atoms with E-state index >= 15 is 0 Å². The van der Waals surface area contributed by atoms with E-state index in [9.17, 15) is 13.6 Å². The summed E-state index contributed by atoms with van der Waals surface area (Å²) in [6.07, 6.45) is 0.625. The van der Waals surface area contributed by atoms with Crippen molar-refractivity contribution in [2.75, 3.05) is 0 Å². The van der Waals surface area contributed by atoms with Gasteiger partial charge in [0.2, 0.25) is 0 Å². The van der Waals surface area contributed by atoms with Crippen LogP contribution in [-0.4, -0.2) is 10.9 Å². The molecule has 7 heteroatoms. The number of carbonyl (C=O) groups is 1. The Balaban J connectivity index is 2.22. The maximum atomic E-state index is 13.2. The number of nitrogens with zero attached hydrogens (tertiary/aromatic N) is 1. The van der Waals surface area contributed by atoms with Crippen molar-refractivity contribution < 1.29 is 13.6 Å². The Bertz CT molecular complexity index is 675. The van der Waals surface area contributed by atoms with Crippen LogP contribution in [0.2, 0.25) is 5.02 Å². The maximum Gasteiger partial charge on any atom is 0.253 e. The lowest BCUT2D eigenvalue weighted by molar-refractivity contribution is 0.0935. The summed E-state index contributed by atoms with van der Waals surface area (Å²) in [6, 6.07) is 1.30. The zero-order valence-corrected chi connectivity index (χ0v) is 13.0. The minimum Gasteiger partial charge on any atom is -0.343 e. The first-order valence-electron chi connectivity index (χ1n) is 6.29. The molecule has 0 spiro atoms. The van der Waals surface area contributed by atoms with E-state index in [-0.39, 0.29) is 16.6 Å². The quantitative estimate of drug-likeness (QED) is 0.851. The summed E-state index contributed by atoms with van der Waals surface area (Å²) >= 11 is 7.23. The fourth-order valence-electron chi connectivity index (χ4n) is 1.80. The molecule has 1 atom stereocenters. The van der Waals surface area contributed by atoms with Gasteiger partial charge in [-0.05, 0) is 25.5 Å². The van der Waals surface area contributed by atoms with Crippen molar-refractivity contribution in [3.05, 3.63) is 50.4 Å². The number of carbonyl (C=O) groups excluding carboxylic acids is 1. The number of halogens is 3. The van der Waals surface area contributed by atoms with Gasteiger partial charge < -0.3 is 5.32 Å². The van der Waals surface area contributed by atoms with Crippen molar-refractivity contribution in [1.82, 2.24) is 10.3 Å². The van der Waals surface area contributed by atoms with Crippen LogP contribution in [0.4, 0.5) is 8.78 Å². The van der Waals surface area contributed by atoms with E-state index < -0.39 is 17.5 Å². The average molecular weight is 331 g/mol. The van der Waals surface area contributed by atoms with Crippen LogP contribution in [0.15, 0.2) is 17.5 Å². The first kappa shape index (κ1) is 15.9. The smallest absolute Gasteiger partial charge is 0.253 e. The van der Waals surface area contributed by atoms with E-state index in [2.05, 4.69) is 10.3 Å². The third-order valence-electron chi connectivity index (χ3n) is 2.90. The first-order chi connectivity index (χ1) is 9.92. The van der Waals surface area contributed by atoms with Crippen molar-refractivity contribution in [1.29, 1.82) is 0 Å². The zero-order valence-electron chi connectivity index (χ0n) is 11.4. The third kappa shape index (κ3) is 3.57. The van der Waals surface area contributed by atoms with Crippen LogP contribution >= 0.6 is 22.9 Å². The first-order valence-corrected chi connectivity index (χ1v) is 7.55. The van der Waals surface area contributed by atoms with Gasteiger partial charge in [-0.3, -0.25) is 4.79 Å². The molecule has 1 heterocycles. The second kappa shape index (κ2) is 6.49. The molecule has 2 aromatic rings. The van der Waals surface area contributed by atoms with Gasteiger partial charge in [-0.25, -0.2) is 13.8 Å². The minimum atomic E-state index is -1.11. The van der Waals surface area contributed by atoms with Gasteiger partial charge in [-0.2, -0.15) is 0 Å². The van der Waals surface area contributed by atoms with Crippen molar-refractivity contribution in [2.24, 2.45) is 0 Å². The molecule has 3 nitrogen and oxygen atoms in total. The maximum absolute atomic E-state index is 13.2. The van der Waals surface area contributed by atoms with Gasteiger partial charge in [0.25, 0.3) is 5.91 Å². The molecule has 0 bridgehead atoms. The van der Waals surface area contributed by atoms with E-state index in [0.29, 0.717) is 6.42 Å². The molecule has 1 aromatic heterocycles. The Hall–Kier alpha value is -1.53. The van der Waals surface area contributed by atoms with Crippen LogP contribution in [0.25, 0.3) is 0 Å². The molecule has 0 unspecified atom stereocenters. The molecule has 0 saturated heterocycles. The highest BCUT2D eigenvalue weighted by Crippen LogP contribution is 2.24. The van der Waals surface area contributed by atoms with Crippen molar-refractivity contribution in [3.8, 4) is 0 Å². The summed E-state index contributed by atoms with van der Waals surface area (Å²) in [6.45, 7) is 3.76. The van der Waals surface area contributed by atoms with Gasteiger partial charge >= 0.3 is 0 Å². The predicted octanol–water partition coefficient (Wildman–Crippen LogP) is 4.26. The van der Waals surface area contributed by atoms with Crippen LogP contribution in [0, 0.1) is 18.6 Å². The summed E-state index contributed by atoms with van der Waals surface area (Å²) in [5, 5.41) is 5.26. The summed E-state index contributed by atoms with van der Waals surface area (Å²) < 4.78 is 26.3. The third-order valence-corrected chi connectivity index (χ3v) is 4.29. The summed E-state index contributed by atoms with van der Waals surface area (Å²) in [5.74, 6) is -2.75. The summed E-state index contributed by atoms with van der Waals surface area (Å²) in [5.41, 5.74) is 0.774. The fraction of sp³-hybridized carbons (Fsp3) is 0.286. The van der Waals surface area contributed by atoms with Crippen molar-refractivity contribution >= 4 is 28.8 Å². The Kier molecular flexibility index (Phi) is 4.90. The summed E-state index contributed by atoms with van der Waals surface area (Å²) in [7, 11) is 0. The monoisotopic (exact) mass is 330 g/mol. The number of thiazole rings is 1. The van der Waals surface area contributed by atoms with Crippen molar-refractivity contribution in [3.63, 3.8) is 0 Å². The molecule has 1 amide bonds. The Morgan fingerprint density at radius 2 is 2.10 bits per heavy atom.